The quantitative estimate of drug-likeness (QED) is 0.412. The van der Waals surface area contributed by atoms with Crippen LogP contribution in [-0.2, 0) is 16.1 Å². The maximum atomic E-state index is 12.8. The van der Waals surface area contributed by atoms with Gasteiger partial charge in [0.05, 0.1) is 18.0 Å². The maximum Gasteiger partial charge on any atom is 0.307 e. The molecular weight excluding hydrogens is 336 g/mol. The molecule has 1 amide bonds. The fourth-order valence-electron chi connectivity index (χ4n) is 2.45. The highest BCUT2D eigenvalue weighted by molar-refractivity contribution is 5.95. The molecule has 0 spiro atoms. The third kappa shape index (κ3) is 5.41. The highest BCUT2D eigenvalue weighted by Crippen LogP contribution is 2.16. The molecule has 7 heteroatoms. The van der Waals surface area contributed by atoms with Crippen molar-refractivity contribution in [1.29, 1.82) is 0 Å². The lowest BCUT2D eigenvalue weighted by atomic mass is 10.1. The van der Waals surface area contributed by atoms with E-state index in [4.69, 9.17) is 4.74 Å². The van der Waals surface area contributed by atoms with Crippen LogP contribution in [0.25, 0.3) is 0 Å². The van der Waals surface area contributed by atoms with Gasteiger partial charge in [0.2, 0.25) is 0 Å². The van der Waals surface area contributed by atoms with Gasteiger partial charge in [-0.15, -0.1) is 0 Å². The third-order valence-corrected chi connectivity index (χ3v) is 3.70. The van der Waals surface area contributed by atoms with E-state index in [1.54, 1.807) is 6.92 Å². The number of carbonyl (C=O) groups is 2. The van der Waals surface area contributed by atoms with Crippen LogP contribution in [0.2, 0.25) is 0 Å². The molecule has 0 aliphatic carbocycles. The van der Waals surface area contributed by atoms with Gasteiger partial charge in [-0.1, -0.05) is 36.4 Å². The molecule has 0 aliphatic heterocycles. The molecule has 0 heterocycles. The zero-order chi connectivity index (χ0) is 18.9. The fraction of sp³-hybridized carbons (Fsp3) is 0.263. The summed E-state index contributed by atoms with van der Waals surface area (Å²) in [5.74, 6) is -0.765. The predicted octanol–water partition coefficient (Wildman–Crippen LogP) is 3.19. The van der Waals surface area contributed by atoms with Crippen molar-refractivity contribution in [2.45, 2.75) is 19.9 Å². The Labute approximate surface area is 151 Å². The first-order chi connectivity index (χ1) is 12.5. The van der Waals surface area contributed by atoms with Gasteiger partial charge in [-0.3, -0.25) is 19.7 Å². The van der Waals surface area contributed by atoms with Crippen LogP contribution in [-0.4, -0.2) is 34.9 Å². The number of nitrogens with zero attached hydrogens (tertiary/aromatic N) is 2. The highest BCUT2D eigenvalue weighted by atomic mass is 16.6. The summed E-state index contributed by atoms with van der Waals surface area (Å²) in [5, 5.41) is 10.9. The Morgan fingerprint density at radius 2 is 1.85 bits per heavy atom. The number of carbonyl (C=O) groups excluding carboxylic acids is 2. The topological polar surface area (TPSA) is 89.8 Å². The minimum atomic E-state index is -0.545. The van der Waals surface area contributed by atoms with E-state index in [1.165, 1.54) is 29.2 Å². The molecule has 2 rings (SSSR count). The van der Waals surface area contributed by atoms with Gasteiger partial charge in [0, 0.05) is 30.8 Å². The number of benzene rings is 2. The first kappa shape index (κ1) is 19.1. The summed E-state index contributed by atoms with van der Waals surface area (Å²) in [6.45, 7) is 2.45. The van der Waals surface area contributed by atoms with Crippen LogP contribution in [0.4, 0.5) is 5.69 Å². The number of rotatable bonds is 8. The van der Waals surface area contributed by atoms with Crippen LogP contribution in [0, 0.1) is 10.1 Å². The van der Waals surface area contributed by atoms with Crippen molar-refractivity contribution >= 4 is 17.6 Å². The molecule has 136 valence electrons. The molecule has 0 atom stereocenters. The molecule has 0 fully saturated rings. The van der Waals surface area contributed by atoms with Gasteiger partial charge in [0.25, 0.3) is 11.6 Å². The predicted molar refractivity (Wildman–Crippen MR) is 95.5 cm³/mol. The molecule has 0 N–H and O–H groups in total. The lowest BCUT2D eigenvalue weighted by Gasteiger charge is -2.22. The van der Waals surface area contributed by atoms with Crippen LogP contribution < -0.4 is 0 Å². The summed E-state index contributed by atoms with van der Waals surface area (Å²) in [7, 11) is 0. The standard InChI is InChI=1S/C19H20N2O5/c1-2-26-18(22)11-12-20(14-15-7-4-3-5-8-15)19(23)16-9-6-10-17(13-16)21(24)25/h3-10,13H,2,11-12,14H2,1H3. The average molecular weight is 356 g/mol. The van der Waals surface area contributed by atoms with Gasteiger partial charge >= 0.3 is 5.97 Å². The van der Waals surface area contributed by atoms with Crippen LogP contribution in [0.5, 0.6) is 0 Å². The Morgan fingerprint density at radius 1 is 1.12 bits per heavy atom. The lowest BCUT2D eigenvalue weighted by Crippen LogP contribution is -2.33. The number of esters is 1. The summed E-state index contributed by atoms with van der Waals surface area (Å²) in [6.07, 6.45) is 0.0569. The number of non-ortho nitro benzene ring substituents is 1. The van der Waals surface area contributed by atoms with Crippen LogP contribution >= 0.6 is 0 Å². The zero-order valence-electron chi connectivity index (χ0n) is 14.5. The lowest BCUT2D eigenvalue weighted by molar-refractivity contribution is -0.384. The summed E-state index contributed by atoms with van der Waals surface area (Å²) in [5.41, 5.74) is 0.954. The third-order valence-electron chi connectivity index (χ3n) is 3.70. The van der Waals surface area contributed by atoms with Crippen LogP contribution in [0.1, 0.15) is 29.3 Å². The Bertz CT molecular complexity index is 777. The molecule has 26 heavy (non-hydrogen) atoms. The molecule has 0 bridgehead atoms. The Balaban J connectivity index is 2.20. The number of hydrogen-bond donors (Lipinski definition) is 0. The number of nitro groups is 1. The number of amides is 1. The molecule has 2 aromatic carbocycles. The Morgan fingerprint density at radius 3 is 2.50 bits per heavy atom. The summed E-state index contributed by atoms with van der Waals surface area (Å²) in [6, 6.07) is 14.9. The van der Waals surface area contributed by atoms with Crippen molar-refractivity contribution in [3.8, 4) is 0 Å². The van der Waals surface area contributed by atoms with Crippen LogP contribution in [0.3, 0.4) is 0 Å². The molecule has 0 saturated carbocycles. The van der Waals surface area contributed by atoms with E-state index in [9.17, 15) is 19.7 Å². The zero-order valence-corrected chi connectivity index (χ0v) is 14.5. The summed E-state index contributed by atoms with van der Waals surface area (Å²) < 4.78 is 4.91. The van der Waals surface area contributed by atoms with Crippen molar-refractivity contribution in [2.24, 2.45) is 0 Å². The van der Waals surface area contributed by atoms with E-state index in [1.807, 2.05) is 30.3 Å². The minimum absolute atomic E-state index is 0.0569. The second-order valence-corrected chi connectivity index (χ2v) is 5.57. The monoisotopic (exact) mass is 356 g/mol. The highest BCUT2D eigenvalue weighted by Gasteiger charge is 2.19. The van der Waals surface area contributed by atoms with Crippen molar-refractivity contribution in [3.05, 3.63) is 75.8 Å². The molecule has 0 radical (unpaired) electrons. The van der Waals surface area contributed by atoms with E-state index in [2.05, 4.69) is 0 Å². The summed E-state index contributed by atoms with van der Waals surface area (Å²) >= 11 is 0. The number of hydrogen-bond acceptors (Lipinski definition) is 5. The van der Waals surface area contributed by atoms with Gasteiger partial charge in [-0.2, -0.15) is 0 Å². The van der Waals surface area contributed by atoms with Crippen molar-refractivity contribution in [2.75, 3.05) is 13.2 Å². The first-order valence-electron chi connectivity index (χ1n) is 8.24. The molecule has 0 aromatic heterocycles. The van der Waals surface area contributed by atoms with Crippen molar-refractivity contribution < 1.29 is 19.2 Å². The molecule has 0 unspecified atom stereocenters. The Kier molecular flexibility index (Phi) is 6.84. The van der Waals surface area contributed by atoms with E-state index in [0.717, 1.165) is 5.56 Å². The first-order valence-corrected chi connectivity index (χ1v) is 8.24. The van der Waals surface area contributed by atoms with Gasteiger partial charge in [-0.25, -0.2) is 0 Å². The molecule has 0 aliphatic rings. The molecule has 0 saturated heterocycles. The van der Waals surface area contributed by atoms with E-state index in [0.29, 0.717) is 6.54 Å². The van der Waals surface area contributed by atoms with Gasteiger partial charge < -0.3 is 9.64 Å². The van der Waals surface area contributed by atoms with Crippen LogP contribution in [0.15, 0.2) is 54.6 Å². The second kappa shape index (κ2) is 9.31. The van der Waals surface area contributed by atoms with E-state index >= 15 is 0 Å². The van der Waals surface area contributed by atoms with Gasteiger partial charge in [0.15, 0.2) is 0 Å². The minimum Gasteiger partial charge on any atom is -0.466 e. The second-order valence-electron chi connectivity index (χ2n) is 5.57. The van der Waals surface area contributed by atoms with Crippen molar-refractivity contribution in [3.63, 3.8) is 0 Å². The fourth-order valence-corrected chi connectivity index (χ4v) is 2.45. The van der Waals surface area contributed by atoms with E-state index < -0.39 is 10.9 Å². The summed E-state index contributed by atoms with van der Waals surface area (Å²) in [4.78, 5) is 36.4. The molecular formula is C19H20N2O5. The average Bonchev–Trinajstić information content (AvgIpc) is 2.65. The van der Waals surface area contributed by atoms with Gasteiger partial charge in [0.1, 0.15) is 0 Å². The molecule has 7 nitrogen and oxygen atoms in total. The maximum absolute atomic E-state index is 12.8. The normalized spacial score (nSPS) is 10.2. The Hall–Kier alpha value is -3.22. The smallest absolute Gasteiger partial charge is 0.307 e. The van der Waals surface area contributed by atoms with E-state index in [-0.39, 0.29) is 36.7 Å². The van der Waals surface area contributed by atoms with Crippen molar-refractivity contribution in [1.82, 2.24) is 4.90 Å². The SMILES string of the molecule is CCOC(=O)CCN(Cc1ccccc1)C(=O)c1cccc([N+](=O)[O-])c1. The van der Waals surface area contributed by atoms with Gasteiger partial charge in [-0.05, 0) is 18.6 Å². The number of ether oxygens (including phenoxy) is 1. The number of nitro benzene ring substituents is 1. The largest absolute Gasteiger partial charge is 0.466 e. The molecule has 2 aromatic rings.